The molecule has 20 heavy (non-hydrogen) atoms. The van der Waals surface area contributed by atoms with Gasteiger partial charge in [-0.05, 0) is 24.3 Å². The van der Waals surface area contributed by atoms with Crippen LogP contribution in [-0.2, 0) is 0 Å². The molecule has 0 atom stereocenters. The van der Waals surface area contributed by atoms with Crippen molar-refractivity contribution in [3.63, 3.8) is 0 Å². The van der Waals surface area contributed by atoms with Gasteiger partial charge in [0, 0.05) is 6.54 Å². The van der Waals surface area contributed by atoms with Gasteiger partial charge in [-0.3, -0.25) is 4.79 Å². The molecule has 0 saturated carbocycles. The maximum atomic E-state index is 11.7. The number of benzene rings is 1. The predicted octanol–water partition coefficient (Wildman–Crippen LogP) is 2.28. The van der Waals surface area contributed by atoms with Gasteiger partial charge in [0.15, 0.2) is 16.5 Å². The van der Waals surface area contributed by atoms with Gasteiger partial charge in [0.2, 0.25) is 0 Å². The quantitative estimate of drug-likeness (QED) is 0.772. The number of fused-ring (bicyclic) bond motifs is 1. The standard InChI is InChI=1S/C14H12N2O3S/c17-8-7-15-13(18)10-5-6-11(19-10)14-16-9-3-1-2-4-12(9)20-14/h1-6,17H,7-8H2,(H,15,18). The molecule has 2 aromatic heterocycles. The zero-order valence-electron chi connectivity index (χ0n) is 10.5. The van der Waals surface area contributed by atoms with Crippen molar-refractivity contribution in [2.24, 2.45) is 0 Å². The molecule has 0 bridgehead atoms. The van der Waals surface area contributed by atoms with E-state index >= 15 is 0 Å². The Kier molecular flexibility index (Phi) is 3.49. The number of rotatable bonds is 4. The van der Waals surface area contributed by atoms with Gasteiger partial charge in [0.1, 0.15) is 0 Å². The van der Waals surface area contributed by atoms with Crippen molar-refractivity contribution in [2.75, 3.05) is 13.2 Å². The highest BCUT2D eigenvalue weighted by Crippen LogP contribution is 2.30. The predicted molar refractivity (Wildman–Crippen MR) is 76.7 cm³/mol. The highest BCUT2D eigenvalue weighted by Gasteiger charge is 2.14. The van der Waals surface area contributed by atoms with Crippen LogP contribution in [0.4, 0.5) is 0 Å². The fourth-order valence-electron chi connectivity index (χ4n) is 1.81. The van der Waals surface area contributed by atoms with Gasteiger partial charge in [0.25, 0.3) is 5.91 Å². The van der Waals surface area contributed by atoms with E-state index in [0.717, 1.165) is 15.2 Å². The SMILES string of the molecule is O=C(NCCO)c1ccc(-c2nc3ccccc3s2)o1. The Labute approximate surface area is 118 Å². The minimum absolute atomic E-state index is 0.100. The summed E-state index contributed by atoms with van der Waals surface area (Å²) in [7, 11) is 0. The monoisotopic (exact) mass is 288 g/mol. The maximum Gasteiger partial charge on any atom is 0.287 e. The van der Waals surface area contributed by atoms with Gasteiger partial charge in [0.05, 0.1) is 16.8 Å². The van der Waals surface area contributed by atoms with E-state index in [4.69, 9.17) is 9.52 Å². The summed E-state index contributed by atoms with van der Waals surface area (Å²) in [5, 5.41) is 12.0. The molecule has 0 saturated heterocycles. The van der Waals surface area contributed by atoms with Gasteiger partial charge < -0.3 is 14.8 Å². The molecule has 0 spiro atoms. The lowest BCUT2D eigenvalue weighted by atomic mass is 10.3. The van der Waals surface area contributed by atoms with Crippen molar-refractivity contribution in [1.29, 1.82) is 0 Å². The highest BCUT2D eigenvalue weighted by atomic mass is 32.1. The van der Waals surface area contributed by atoms with E-state index in [1.165, 1.54) is 11.3 Å². The van der Waals surface area contributed by atoms with Crippen LogP contribution in [0.1, 0.15) is 10.6 Å². The molecule has 0 unspecified atom stereocenters. The van der Waals surface area contributed by atoms with E-state index in [0.29, 0.717) is 5.76 Å². The third kappa shape index (κ3) is 2.43. The summed E-state index contributed by atoms with van der Waals surface area (Å²) in [6.45, 7) is 0.104. The number of carbonyl (C=O) groups excluding carboxylic acids is 1. The minimum Gasteiger partial charge on any atom is -0.448 e. The van der Waals surface area contributed by atoms with Crippen molar-refractivity contribution < 1.29 is 14.3 Å². The maximum absolute atomic E-state index is 11.7. The zero-order chi connectivity index (χ0) is 13.9. The number of nitrogens with one attached hydrogen (secondary N) is 1. The van der Waals surface area contributed by atoms with Crippen LogP contribution >= 0.6 is 11.3 Å². The van der Waals surface area contributed by atoms with Crippen molar-refractivity contribution >= 4 is 27.5 Å². The van der Waals surface area contributed by atoms with Crippen LogP contribution in [0.15, 0.2) is 40.8 Å². The summed E-state index contributed by atoms with van der Waals surface area (Å²) in [5.41, 5.74) is 0.912. The number of para-hydroxylation sites is 1. The molecule has 1 aromatic carbocycles. The Hall–Kier alpha value is -2.18. The smallest absolute Gasteiger partial charge is 0.287 e. The minimum atomic E-state index is -0.341. The lowest BCUT2D eigenvalue weighted by Gasteiger charge is -1.98. The number of aromatic nitrogens is 1. The molecule has 0 aliphatic rings. The highest BCUT2D eigenvalue weighted by molar-refractivity contribution is 7.21. The number of amides is 1. The first-order valence-corrected chi connectivity index (χ1v) is 6.94. The molecule has 0 aliphatic carbocycles. The summed E-state index contributed by atoms with van der Waals surface area (Å²) in [6, 6.07) is 11.2. The van der Waals surface area contributed by atoms with Gasteiger partial charge >= 0.3 is 0 Å². The molecule has 2 heterocycles. The van der Waals surface area contributed by atoms with Crippen molar-refractivity contribution in [1.82, 2.24) is 10.3 Å². The fourth-order valence-corrected chi connectivity index (χ4v) is 2.74. The molecule has 5 nitrogen and oxygen atoms in total. The van der Waals surface area contributed by atoms with Crippen LogP contribution < -0.4 is 5.32 Å². The average Bonchev–Trinajstić information content (AvgIpc) is 3.10. The zero-order valence-corrected chi connectivity index (χ0v) is 11.3. The van der Waals surface area contributed by atoms with E-state index in [9.17, 15) is 4.79 Å². The Morgan fingerprint density at radius 1 is 1.30 bits per heavy atom. The number of thiazole rings is 1. The molecule has 3 rings (SSSR count). The number of hydrogen-bond acceptors (Lipinski definition) is 5. The normalized spacial score (nSPS) is 10.8. The lowest BCUT2D eigenvalue weighted by Crippen LogP contribution is -2.25. The van der Waals surface area contributed by atoms with Gasteiger partial charge in [-0.1, -0.05) is 12.1 Å². The molecule has 6 heteroatoms. The van der Waals surface area contributed by atoms with E-state index in [1.54, 1.807) is 12.1 Å². The summed E-state index contributed by atoms with van der Waals surface area (Å²) in [5.74, 6) is 0.444. The fraction of sp³-hybridized carbons (Fsp3) is 0.143. The van der Waals surface area contributed by atoms with Gasteiger partial charge in [-0.2, -0.15) is 0 Å². The van der Waals surface area contributed by atoms with E-state index < -0.39 is 0 Å². The second-order valence-corrected chi connectivity index (χ2v) is 5.16. The summed E-state index contributed by atoms with van der Waals surface area (Å²) < 4.78 is 6.59. The first-order valence-electron chi connectivity index (χ1n) is 6.13. The van der Waals surface area contributed by atoms with E-state index in [-0.39, 0.29) is 24.8 Å². The van der Waals surface area contributed by atoms with Crippen LogP contribution in [0, 0.1) is 0 Å². The Balaban J connectivity index is 1.87. The molecule has 0 aliphatic heterocycles. The summed E-state index contributed by atoms with van der Waals surface area (Å²) >= 11 is 1.52. The van der Waals surface area contributed by atoms with Crippen molar-refractivity contribution in [3.8, 4) is 10.8 Å². The molecule has 0 radical (unpaired) electrons. The molecular weight excluding hydrogens is 276 g/mol. The number of aliphatic hydroxyl groups excluding tert-OH is 1. The van der Waals surface area contributed by atoms with Gasteiger partial charge in [-0.15, -0.1) is 11.3 Å². The van der Waals surface area contributed by atoms with Crippen LogP contribution in [0.5, 0.6) is 0 Å². The Bertz CT molecular complexity index is 715. The third-order valence-corrected chi connectivity index (χ3v) is 3.78. The second kappa shape index (κ2) is 5.44. The van der Waals surface area contributed by atoms with Crippen LogP contribution in [0.3, 0.4) is 0 Å². The molecule has 1 amide bonds. The van der Waals surface area contributed by atoms with Crippen LogP contribution in [0.2, 0.25) is 0 Å². The molecule has 0 fully saturated rings. The van der Waals surface area contributed by atoms with E-state index in [1.807, 2.05) is 24.3 Å². The molecule has 3 aromatic rings. The third-order valence-electron chi connectivity index (χ3n) is 2.73. The van der Waals surface area contributed by atoms with Crippen LogP contribution in [-0.4, -0.2) is 29.1 Å². The average molecular weight is 288 g/mol. The van der Waals surface area contributed by atoms with Crippen LogP contribution in [0.25, 0.3) is 21.0 Å². The van der Waals surface area contributed by atoms with E-state index in [2.05, 4.69) is 10.3 Å². The Morgan fingerprint density at radius 2 is 2.15 bits per heavy atom. The first-order chi connectivity index (χ1) is 9.78. The number of carbonyl (C=O) groups is 1. The van der Waals surface area contributed by atoms with Crippen molar-refractivity contribution in [3.05, 3.63) is 42.2 Å². The van der Waals surface area contributed by atoms with Gasteiger partial charge in [-0.25, -0.2) is 4.98 Å². The molecular formula is C14H12N2O3S. The lowest BCUT2D eigenvalue weighted by molar-refractivity contribution is 0.0918. The number of furan rings is 1. The largest absolute Gasteiger partial charge is 0.448 e. The Morgan fingerprint density at radius 3 is 2.95 bits per heavy atom. The molecule has 2 N–H and O–H groups in total. The number of aliphatic hydroxyl groups is 1. The summed E-state index contributed by atoms with van der Waals surface area (Å²) in [6.07, 6.45) is 0. The number of hydrogen-bond donors (Lipinski definition) is 2. The second-order valence-electron chi connectivity index (χ2n) is 4.13. The summed E-state index contributed by atoms with van der Waals surface area (Å²) in [4.78, 5) is 16.2. The first kappa shape index (κ1) is 12.8. The van der Waals surface area contributed by atoms with Crippen molar-refractivity contribution in [2.45, 2.75) is 0 Å². The number of nitrogens with zero attached hydrogens (tertiary/aromatic N) is 1. The molecule has 102 valence electrons. The topological polar surface area (TPSA) is 75.4 Å².